The molecule has 25 heavy (non-hydrogen) atoms. The number of ether oxygens (including phenoxy) is 1. The molecule has 0 unspecified atom stereocenters. The van der Waals surface area contributed by atoms with E-state index in [1.54, 1.807) is 4.90 Å². The van der Waals surface area contributed by atoms with Gasteiger partial charge < -0.3 is 20.3 Å². The van der Waals surface area contributed by atoms with Gasteiger partial charge in [-0.1, -0.05) is 32.9 Å². The molecule has 0 atom stereocenters. The molecule has 1 fully saturated rings. The Balaban J connectivity index is 1.73. The van der Waals surface area contributed by atoms with Crippen molar-refractivity contribution >= 4 is 17.8 Å². The molecule has 0 aliphatic carbocycles. The first-order valence-corrected chi connectivity index (χ1v) is 8.78. The van der Waals surface area contributed by atoms with Gasteiger partial charge in [0, 0.05) is 25.3 Å². The summed E-state index contributed by atoms with van der Waals surface area (Å²) in [7, 11) is 1.40. The SMILES string of the molecule is COC(=O)N1CCC(CNC(=O)Nc2ccc(C(C)(C)C)cc2)CC1. The summed E-state index contributed by atoms with van der Waals surface area (Å²) < 4.78 is 4.73. The van der Waals surface area contributed by atoms with Crippen molar-refractivity contribution in [3.8, 4) is 0 Å². The van der Waals surface area contributed by atoms with E-state index < -0.39 is 0 Å². The summed E-state index contributed by atoms with van der Waals surface area (Å²) in [4.78, 5) is 25.2. The van der Waals surface area contributed by atoms with Gasteiger partial charge in [0.05, 0.1) is 7.11 Å². The lowest BCUT2D eigenvalue weighted by Gasteiger charge is -2.30. The van der Waals surface area contributed by atoms with Crippen LogP contribution in [0.25, 0.3) is 0 Å². The van der Waals surface area contributed by atoms with Crippen LogP contribution in [0, 0.1) is 5.92 Å². The molecule has 6 nitrogen and oxygen atoms in total. The number of anilines is 1. The highest BCUT2D eigenvalue weighted by Crippen LogP contribution is 2.23. The van der Waals surface area contributed by atoms with Gasteiger partial charge >= 0.3 is 12.1 Å². The minimum atomic E-state index is -0.275. The summed E-state index contributed by atoms with van der Waals surface area (Å²) in [5, 5.41) is 5.78. The number of nitrogens with one attached hydrogen (secondary N) is 2. The number of likely N-dealkylation sites (tertiary alicyclic amines) is 1. The lowest BCUT2D eigenvalue weighted by atomic mass is 9.87. The fraction of sp³-hybridized carbons (Fsp3) is 0.579. The predicted octanol–water partition coefficient (Wildman–Crippen LogP) is 3.58. The number of piperidine rings is 1. The molecule has 0 bridgehead atoms. The van der Waals surface area contributed by atoms with Gasteiger partial charge in [0.15, 0.2) is 0 Å². The van der Waals surface area contributed by atoms with Crippen molar-refractivity contribution in [1.82, 2.24) is 10.2 Å². The number of carbonyl (C=O) groups is 2. The van der Waals surface area contributed by atoms with Gasteiger partial charge in [-0.2, -0.15) is 0 Å². The molecule has 1 aliphatic rings. The standard InChI is InChI=1S/C19H29N3O3/c1-19(2,3)15-5-7-16(8-6-15)21-17(23)20-13-14-9-11-22(12-10-14)18(24)25-4/h5-8,14H,9-13H2,1-4H3,(H2,20,21,23). The number of hydrogen-bond donors (Lipinski definition) is 2. The summed E-state index contributed by atoms with van der Waals surface area (Å²) in [5.41, 5.74) is 2.11. The van der Waals surface area contributed by atoms with Crippen LogP contribution in [0.4, 0.5) is 15.3 Å². The number of benzene rings is 1. The van der Waals surface area contributed by atoms with Gasteiger partial charge in [0.2, 0.25) is 0 Å². The van der Waals surface area contributed by atoms with E-state index in [1.165, 1.54) is 12.7 Å². The molecule has 6 heteroatoms. The van der Waals surface area contributed by atoms with Gasteiger partial charge in [0.1, 0.15) is 0 Å². The van der Waals surface area contributed by atoms with Crippen LogP contribution < -0.4 is 10.6 Å². The number of urea groups is 1. The predicted molar refractivity (Wildman–Crippen MR) is 98.9 cm³/mol. The molecule has 1 heterocycles. The van der Waals surface area contributed by atoms with Gasteiger partial charge in [-0.25, -0.2) is 9.59 Å². The zero-order valence-corrected chi connectivity index (χ0v) is 15.6. The summed E-state index contributed by atoms with van der Waals surface area (Å²) in [6.45, 7) is 8.44. The van der Waals surface area contributed by atoms with E-state index in [0.717, 1.165) is 18.5 Å². The molecule has 0 spiro atoms. The molecule has 1 aromatic rings. The van der Waals surface area contributed by atoms with Gasteiger partial charge in [-0.15, -0.1) is 0 Å². The summed E-state index contributed by atoms with van der Waals surface area (Å²) in [6, 6.07) is 7.74. The van der Waals surface area contributed by atoms with E-state index in [2.05, 4.69) is 31.4 Å². The first-order chi connectivity index (χ1) is 11.8. The molecule has 3 amide bonds. The first-order valence-electron chi connectivity index (χ1n) is 8.78. The Morgan fingerprint density at radius 3 is 2.28 bits per heavy atom. The molecule has 0 radical (unpaired) electrons. The van der Waals surface area contributed by atoms with Gasteiger partial charge in [-0.3, -0.25) is 0 Å². The van der Waals surface area contributed by atoms with E-state index in [-0.39, 0.29) is 17.5 Å². The second-order valence-electron chi connectivity index (χ2n) is 7.56. The summed E-state index contributed by atoms with van der Waals surface area (Å²) in [5.74, 6) is 0.384. The van der Waals surface area contributed by atoms with Crippen molar-refractivity contribution < 1.29 is 14.3 Å². The zero-order chi connectivity index (χ0) is 18.4. The van der Waals surface area contributed by atoms with E-state index >= 15 is 0 Å². The van der Waals surface area contributed by atoms with Crippen molar-refractivity contribution in [2.75, 3.05) is 32.1 Å². The van der Waals surface area contributed by atoms with Crippen LogP contribution in [0.3, 0.4) is 0 Å². The van der Waals surface area contributed by atoms with Crippen LogP contribution >= 0.6 is 0 Å². The Morgan fingerprint density at radius 1 is 1.16 bits per heavy atom. The number of rotatable bonds is 3. The smallest absolute Gasteiger partial charge is 0.409 e. The van der Waals surface area contributed by atoms with Crippen LogP contribution in [0.1, 0.15) is 39.2 Å². The molecule has 2 N–H and O–H groups in total. The monoisotopic (exact) mass is 347 g/mol. The topological polar surface area (TPSA) is 70.7 Å². The number of carbonyl (C=O) groups excluding carboxylic acids is 2. The van der Waals surface area contributed by atoms with Crippen LogP contribution in [0.15, 0.2) is 24.3 Å². The Hall–Kier alpha value is -2.24. The van der Waals surface area contributed by atoms with Gasteiger partial charge in [0.25, 0.3) is 0 Å². The highest BCUT2D eigenvalue weighted by atomic mass is 16.5. The van der Waals surface area contributed by atoms with Gasteiger partial charge in [-0.05, 0) is 41.9 Å². The molecule has 0 saturated carbocycles. The second kappa shape index (κ2) is 8.23. The molecule has 1 aliphatic heterocycles. The Morgan fingerprint density at radius 2 is 1.76 bits per heavy atom. The molecule has 1 saturated heterocycles. The van der Waals surface area contributed by atoms with Crippen molar-refractivity contribution in [2.45, 2.75) is 39.0 Å². The average Bonchev–Trinajstić information content (AvgIpc) is 2.59. The zero-order valence-electron chi connectivity index (χ0n) is 15.6. The second-order valence-corrected chi connectivity index (χ2v) is 7.56. The van der Waals surface area contributed by atoms with E-state index in [1.807, 2.05) is 24.3 Å². The third-order valence-corrected chi connectivity index (χ3v) is 4.61. The maximum atomic E-state index is 12.0. The van der Waals surface area contributed by atoms with Crippen LogP contribution in [-0.4, -0.2) is 43.8 Å². The van der Waals surface area contributed by atoms with Crippen LogP contribution in [-0.2, 0) is 10.2 Å². The molecular weight excluding hydrogens is 318 g/mol. The van der Waals surface area contributed by atoms with E-state index in [0.29, 0.717) is 25.6 Å². The van der Waals surface area contributed by atoms with E-state index in [4.69, 9.17) is 4.74 Å². The molecule has 138 valence electrons. The lowest BCUT2D eigenvalue weighted by Crippen LogP contribution is -2.42. The first kappa shape index (κ1) is 19.1. The van der Waals surface area contributed by atoms with E-state index in [9.17, 15) is 9.59 Å². The quantitative estimate of drug-likeness (QED) is 0.878. The molecule has 1 aromatic carbocycles. The number of nitrogens with zero attached hydrogens (tertiary/aromatic N) is 1. The number of methoxy groups -OCH3 is 1. The normalized spacial score (nSPS) is 15.6. The maximum absolute atomic E-state index is 12.0. The van der Waals surface area contributed by atoms with Crippen molar-refractivity contribution in [3.05, 3.63) is 29.8 Å². The Bertz CT molecular complexity index is 585. The van der Waals surface area contributed by atoms with Crippen LogP contribution in [0.5, 0.6) is 0 Å². The highest BCUT2D eigenvalue weighted by molar-refractivity contribution is 5.89. The fourth-order valence-electron chi connectivity index (χ4n) is 2.91. The molecule has 2 rings (SSSR count). The molecular formula is C19H29N3O3. The minimum Gasteiger partial charge on any atom is -0.453 e. The average molecular weight is 347 g/mol. The van der Waals surface area contributed by atoms with Crippen molar-refractivity contribution in [3.63, 3.8) is 0 Å². The van der Waals surface area contributed by atoms with Crippen LogP contribution in [0.2, 0.25) is 0 Å². The summed E-state index contributed by atoms with van der Waals surface area (Å²) in [6.07, 6.45) is 1.47. The Kier molecular flexibility index (Phi) is 6.28. The summed E-state index contributed by atoms with van der Waals surface area (Å²) >= 11 is 0. The lowest BCUT2D eigenvalue weighted by molar-refractivity contribution is 0.106. The minimum absolute atomic E-state index is 0.0971. The largest absolute Gasteiger partial charge is 0.453 e. The third-order valence-electron chi connectivity index (χ3n) is 4.61. The fourth-order valence-corrected chi connectivity index (χ4v) is 2.91. The highest BCUT2D eigenvalue weighted by Gasteiger charge is 2.23. The maximum Gasteiger partial charge on any atom is 0.409 e. The molecule has 0 aromatic heterocycles. The Labute approximate surface area is 149 Å². The number of hydrogen-bond acceptors (Lipinski definition) is 3. The third kappa shape index (κ3) is 5.66. The van der Waals surface area contributed by atoms with Crippen molar-refractivity contribution in [1.29, 1.82) is 0 Å². The number of amides is 3. The van der Waals surface area contributed by atoms with Crippen molar-refractivity contribution in [2.24, 2.45) is 5.92 Å².